The zero-order chi connectivity index (χ0) is 16.4. The van der Waals surface area contributed by atoms with Crippen LogP contribution in [0.1, 0.15) is 11.1 Å². The second-order valence-corrected chi connectivity index (χ2v) is 8.54. The van der Waals surface area contributed by atoms with Gasteiger partial charge in [-0.2, -0.15) is 4.98 Å². The molecule has 0 aliphatic carbocycles. The van der Waals surface area contributed by atoms with Crippen molar-refractivity contribution in [2.75, 3.05) is 4.72 Å². The van der Waals surface area contributed by atoms with Gasteiger partial charge in [0.05, 0.1) is 10.9 Å². The molecule has 1 aromatic carbocycles. The fourth-order valence-electron chi connectivity index (χ4n) is 1.91. The molecule has 0 unspecified atom stereocenters. The third-order valence-electron chi connectivity index (χ3n) is 3.04. The number of rotatable bonds is 5. The van der Waals surface area contributed by atoms with Crippen LogP contribution in [0, 0.1) is 6.92 Å². The third-order valence-corrected chi connectivity index (χ3v) is 6.09. The van der Waals surface area contributed by atoms with Crippen LogP contribution in [-0.4, -0.2) is 23.2 Å². The number of hydrogen-bond acceptors (Lipinski definition) is 5. The lowest BCUT2D eigenvalue weighted by atomic mass is 10.1. The summed E-state index contributed by atoms with van der Waals surface area (Å²) in [7, 11) is -3.71. The maximum Gasteiger partial charge on any atom is 0.273 e. The van der Waals surface area contributed by atoms with E-state index in [1.807, 2.05) is 31.2 Å². The van der Waals surface area contributed by atoms with Crippen LogP contribution in [0.25, 0.3) is 0 Å². The van der Waals surface area contributed by atoms with Crippen molar-refractivity contribution >= 4 is 38.9 Å². The molecule has 0 radical (unpaired) electrons. The molecule has 120 valence electrons. The number of benzene rings is 1. The Labute approximate surface area is 142 Å². The summed E-state index contributed by atoms with van der Waals surface area (Å²) in [6.45, 7) is 2.53. The molecular formula is C14H13ClN4O2S2. The number of nitrogens with one attached hydrogen (secondary N) is 1. The van der Waals surface area contributed by atoms with E-state index in [2.05, 4.69) is 14.8 Å². The molecule has 0 fully saturated rings. The molecule has 0 saturated carbocycles. The van der Waals surface area contributed by atoms with Gasteiger partial charge in [-0.15, -0.1) is 16.4 Å². The molecule has 0 amide bonds. The Balaban J connectivity index is 1.73. The van der Waals surface area contributed by atoms with Crippen LogP contribution >= 0.6 is 22.9 Å². The van der Waals surface area contributed by atoms with Crippen molar-refractivity contribution in [3.8, 4) is 0 Å². The van der Waals surface area contributed by atoms with E-state index in [4.69, 9.17) is 11.6 Å². The molecule has 2 heterocycles. The van der Waals surface area contributed by atoms with Crippen LogP contribution in [0.5, 0.6) is 0 Å². The van der Waals surface area contributed by atoms with Crippen LogP contribution in [-0.2, 0) is 16.6 Å². The highest BCUT2D eigenvalue weighted by Gasteiger charge is 2.18. The van der Waals surface area contributed by atoms with E-state index < -0.39 is 10.0 Å². The standard InChI is InChI=1S/C14H13ClN4O2S2/c1-10-2-4-11(5-3-10)8-19-9-16-14(17-19)18-23(20,21)13-7-6-12(15)22-13/h2-7,9H,8H2,1H3,(H,17,18). The molecular weight excluding hydrogens is 356 g/mol. The second-order valence-electron chi connectivity index (χ2n) is 4.92. The van der Waals surface area contributed by atoms with Gasteiger partial charge in [-0.25, -0.2) is 17.8 Å². The molecule has 0 spiro atoms. The molecule has 1 N–H and O–H groups in total. The van der Waals surface area contributed by atoms with E-state index in [0.717, 1.165) is 16.9 Å². The molecule has 0 aliphatic rings. The minimum atomic E-state index is -3.71. The number of hydrogen-bond donors (Lipinski definition) is 1. The number of aromatic nitrogens is 3. The normalized spacial score (nSPS) is 11.6. The first kappa shape index (κ1) is 16.0. The van der Waals surface area contributed by atoms with Crippen LogP contribution in [0.3, 0.4) is 0 Å². The van der Waals surface area contributed by atoms with Crippen molar-refractivity contribution in [2.24, 2.45) is 0 Å². The van der Waals surface area contributed by atoms with Gasteiger partial charge in [-0.1, -0.05) is 41.4 Å². The molecule has 2 aromatic heterocycles. The predicted octanol–water partition coefficient (Wildman–Crippen LogP) is 3.15. The Kier molecular flexibility index (Phi) is 4.38. The molecule has 9 heteroatoms. The van der Waals surface area contributed by atoms with Crippen molar-refractivity contribution in [1.29, 1.82) is 0 Å². The lowest BCUT2D eigenvalue weighted by Crippen LogP contribution is -2.13. The minimum absolute atomic E-state index is 0.0293. The summed E-state index contributed by atoms with van der Waals surface area (Å²) >= 11 is 6.74. The van der Waals surface area contributed by atoms with Gasteiger partial charge in [0.15, 0.2) is 0 Å². The first-order valence-electron chi connectivity index (χ1n) is 6.65. The summed E-state index contributed by atoms with van der Waals surface area (Å²) in [6, 6.07) is 11.0. The Bertz CT molecular complexity index is 916. The number of halogens is 1. The highest BCUT2D eigenvalue weighted by atomic mass is 35.5. The smallest absolute Gasteiger partial charge is 0.246 e. The minimum Gasteiger partial charge on any atom is -0.246 e. The van der Waals surface area contributed by atoms with Gasteiger partial charge in [0.25, 0.3) is 16.0 Å². The van der Waals surface area contributed by atoms with Crippen molar-refractivity contribution in [2.45, 2.75) is 17.7 Å². The van der Waals surface area contributed by atoms with Gasteiger partial charge in [-0.05, 0) is 24.6 Å². The number of anilines is 1. The molecule has 6 nitrogen and oxygen atoms in total. The number of aryl methyl sites for hydroxylation is 1. The Hall–Kier alpha value is -1.90. The Morgan fingerprint density at radius 1 is 1.22 bits per heavy atom. The highest BCUT2D eigenvalue weighted by molar-refractivity contribution is 7.94. The SMILES string of the molecule is Cc1ccc(Cn2cnc(NS(=O)(=O)c3ccc(Cl)s3)n2)cc1. The van der Waals surface area contributed by atoms with Gasteiger partial charge in [0, 0.05) is 0 Å². The molecule has 0 aliphatic heterocycles. The molecule has 0 bridgehead atoms. The van der Waals surface area contributed by atoms with E-state index in [0.29, 0.717) is 10.9 Å². The number of sulfonamides is 1. The van der Waals surface area contributed by atoms with Crippen molar-refractivity contribution < 1.29 is 8.42 Å². The Morgan fingerprint density at radius 3 is 2.61 bits per heavy atom. The zero-order valence-corrected chi connectivity index (χ0v) is 14.5. The summed E-state index contributed by atoms with van der Waals surface area (Å²) in [5.41, 5.74) is 2.23. The van der Waals surface area contributed by atoms with Crippen molar-refractivity contribution in [3.63, 3.8) is 0 Å². The Morgan fingerprint density at radius 2 is 1.96 bits per heavy atom. The van der Waals surface area contributed by atoms with E-state index in [1.165, 1.54) is 24.0 Å². The second kappa shape index (κ2) is 6.31. The molecule has 3 rings (SSSR count). The van der Waals surface area contributed by atoms with Gasteiger partial charge in [0.2, 0.25) is 0 Å². The zero-order valence-electron chi connectivity index (χ0n) is 12.1. The number of nitrogens with zero attached hydrogens (tertiary/aromatic N) is 3. The lowest BCUT2D eigenvalue weighted by molar-refractivity contribution is 0.602. The average molecular weight is 369 g/mol. The molecule has 0 atom stereocenters. The van der Waals surface area contributed by atoms with E-state index >= 15 is 0 Å². The number of thiophene rings is 1. The van der Waals surface area contributed by atoms with E-state index in [-0.39, 0.29) is 10.2 Å². The lowest BCUT2D eigenvalue weighted by Gasteiger charge is -2.02. The first-order chi connectivity index (χ1) is 10.9. The van der Waals surface area contributed by atoms with Crippen molar-refractivity contribution in [3.05, 3.63) is 58.2 Å². The monoisotopic (exact) mass is 368 g/mol. The molecule has 3 aromatic rings. The van der Waals surface area contributed by atoms with Gasteiger partial charge >= 0.3 is 0 Å². The largest absolute Gasteiger partial charge is 0.273 e. The van der Waals surface area contributed by atoms with E-state index in [1.54, 1.807) is 4.68 Å². The van der Waals surface area contributed by atoms with Crippen LogP contribution in [0.4, 0.5) is 5.95 Å². The fraction of sp³-hybridized carbons (Fsp3) is 0.143. The van der Waals surface area contributed by atoms with Crippen LogP contribution in [0.2, 0.25) is 4.34 Å². The topological polar surface area (TPSA) is 76.9 Å². The van der Waals surface area contributed by atoms with Gasteiger partial charge in [-0.3, -0.25) is 0 Å². The molecule has 0 saturated heterocycles. The average Bonchev–Trinajstić information content (AvgIpc) is 3.11. The highest BCUT2D eigenvalue weighted by Crippen LogP contribution is 2.26. The van der Waals surface area contributed by atoms with Gasteiger partial charge < -0.3 is 0 Å². The van der Waals surface area contributed by atoms with E-state index in [9.17, 15) is 8.42 Å². The third kappa shape index (κ3) is 3.90. The van der Waals surface area contributed by atoms with Crippen LogP contribution < -0.4 is 4.72 Å². The predicted molar refractivity (Wildman–Crippen MR) is 90.4 cm³/mol. The summed E-state index contributed by atoms with van der Waals surface area (Å²) in [4.78, 5) is 3.98. The summed E-state index contributed by atoms with van der Waals surface area (Å²) in [5.74, 6) is 0.0293. The maximum absolute atomic E-state index is 12.2. The van der Waals surface area contributed by atoms with Gasteiger partial charge in [0.1, 0.15) is 10.5 Å². The fourth-order valence-corrected chi connectivity index (χ4v) is 4.34. The summed E-state index contributed by atoms with van der Waals surface area (Å²) < 4.78 is 28.8. The maximum atomic E-state index is 12.2. The van der Waals surface area contributed by atoms with Crippen LogP contribution in [0.15, 0.2) is 46.9 Å². The van der Waals surface area contributed by atoms with Crippen molar-refractivity contribution in [1.82, 2.24) is 14.8 Å². The summed E-state index contributed by atoms with van der Waals surface area (Å²) in [6.07, 6.45) is 1.49. The molecule has 23 heavy (non-hydrogen) atoms. The first-order valence-corrected chi connectivity index (χ1v) is 9.33. The quantitative estimate of drug-likeness (QED) is 0.750. The summed E-state index contributed by atoms with van der Waals surface area (Å²) in [5, 5.41) is 4.13.